The van der Waals surface area contributed by atoms with E-state index in [1.807, 2.05) is 36.5 Å². The maximum absolute atomic E-state index is 12.1. The van der Waals surface area contributed by atoms with Gasteiger partial charge in [-0.1, -0.05) is 36.4 Å². The lowest BCUT2D eigenvalue weighted by Crippen LogP contribution is -2.30. The van der Waals surface area contributed by atoms with E-state index in [4.69, 9.17) is 0 Å². The molecule has 24 heavy (non-hydrogen) atoms. The summed E-state index contributed by atoms with van der Waals surface area (Å²) in [5.41, 5.74) is 2.16. The van der Waals surface area contributed by atoms with Gasteiger partial charge in [-0.05, 0) is 47.4 Å². The summed E-state index contributed by atoms with van der Waals surface area (Å²) in [6.45, 7) is 0.711. The number of pyridine rings is 1. The fourth-order valence-electron chi connectivity index (χ4n) is 3.14. The maximum atomic E-state index is 12.1. The van der Waals surface area contributed by atoms with Gasteiger partial charge >= 0.3 is 6.03 Å². The lowest BCUT2D eigenvalue weighted by molar-refractivity contribution is 0.251. The predicted molar refractivity (Wildman–Crippen MR) is 96.1 cm³/mol. The first kappa shape index (κ1) is 14.7. The minimum Gasteiger partial charge on any atom is -0.338 e. The first-order chi connectivity index (χ1) is 11.8. The summed E-state index contributed by atoms with van der Waals surface area (Å²) in [6.07, 6.45) is 4.71. The van der Waals surface area contributed by atoms with E-state index in [0.29, 0.717) is 18.4 Å². The summed E-state index contributed by atoms with van der Waals surface area (Å²) in [5.74, 6) is 1.13. The molecule has 0 spiro atoms. The highest BCUT2D eigenvalue weighted by Gasteiger charge is 2.37. The van der Waals surface area contributed by atoms with Gasteiger partial charge in [0.2, 0.25) is 0 Å². The molecule has 1 aliphatic rings. The van der Waals surface area contributed by atoms with Crippen molar-refractivity contribution in [2.45, 2.75) is 12.3 Å². The number of nitrogens with one attached hydrogen (secondary N) is 2. The molecule has 4 heteroatoms. The number of aromatic nitrogens is 1. The molecule has 2 atom stereocenters. The average molecular weight is 317 g/mol. The molecule has 1 saturated carbocycles. The summed E-state index contributed by atoms with van der Waals surface area (Å²) in [6, 6.07) is 18.1. The summed E-state index contributed by atoms with van der Waals surface area (Å²) >= 11 is 0. The standard InChI is InChI=1S/C20H19N3O/c24-20(22-13-17-11-19(17)14-4-2-1-3-5-14)23-18-7-6-16-12-21-9-8-15(16)10-18/h1-10,12,17,19H,11,13H2,(H2,22,23,24). The number of fused-ring (bicyclic) bond motifs is 1. The van der Waals surface area contributed by atoms with E-state index in [0.717, 1.165) is 22.9 Å². The van der Waals surface area contributed by atoms with E-state index < -0.39 is 0 Å². The Hall–Kier alpha value is -2.88. The highest BCUT2D eigenvalue weighted by atomic mass is 16.2. The van der Waals surface area contributed by atoms with Crippen molar-refractivity contribution in [2.75, 3.05) is 11.9 Å². The maximum Gasteiger partial charge on any atom is 0.319 e. The SMILES string of the molecule is O=C(NCC1CC1c1ccccc1)Nc1ccc2cnccc2c1. The fourth-order valence-corrected chi connectivity index (χ4v) is 3.14. The molecular formula is C20H19N3O. The normalized spacial score (nSPS) is 19.0. The van der Waals surface area contributed by atoms with E-state index in [9.17, 15) is 4.79 Å². The van der Waals surface area contributed by atoms with Gasteiger partial charge in [-0.3, -0.25) is 4.98 Å². The van der Waals surface area contributed by atoms with Crippen molar-refractivity contribution in [3.63, 3.8) is 0 Å². The number of anilines is 1. The van der Waals surface area contributed by atoms with E-state index in [1.54, 1.807) is 6.20 Å². The zero-order chi connectivity index (χ0) is 16.4. The van der Waals surface area contributed by atoms with Gasteiger partial charge < -0.3 is 10.6 Å². The van der Waals surface area contributed by atoms with Gasteiger partial charge in [0.25, 0.3) is 0 Å². The van der Waals surface area contributed by atoms with Crippen molar-refractivity contribution in [3.8, 4) is 0 Å². The highest BCUT2D eigenvalue weighted by Crippen LogP contribution is 2.46. The van der Waals surface area contributed by atoms with Gasteiger partial charge in [-0.2, -0.15) is 0 Å². The topological polar surface area (TPSA) is 54.0 Å². The molecular weight excluding hydrogens is 298 g/mol. The number of rotatable bonds is 4. The quantitative estimate of drug-likeness (QED) is 0.759. The van der Waals surface area contributed by atoms with E-state index >= 15 is 0 Å². The molecule has 0 saturated heterocycles. The lowest BCUT2D eigenvalue weighted by Gasteiger charge is -2.08. The van der Waals surface area contributed by atoms with Crippen molar-refractivity contribution >= 4 is 22.5 Å². The minimum atomic E-state index is -0.151. The molecule has 2 amide bonds. The van der Waals surface area contributed by atoms with Crippen LogP contribution in [0.1, 0.15) is 17.9 Å². The molecule has 1 fully saturated rings. The smallest absolute Gasteiger partial charge is 0.319 e. The van der Waals surface area contributed by atoms with Crippen LogP contribution >= 0.6 is 0 Å². The van der Waals surface area contributed by atoms with Crippen LogP contribution < -0.4 is 10.6 Å². The molecule has 120 valence electrons. The number of amides is 2. The highest BCUT2D eigenvalue weighted by molar-refractivity contribution is 5.93. The van der Waals surface area contributed by atoms with Crippen LogP contribution in [0.25, 0.3) is 10.8 Å². The summed E-state index contributed by atoms with van der Waals surface area (Å²) < 4.78 is 0. The molecule has 0 bridgehead atoms. The van der Waals surface area contributed by atoms with E-state index in [1.165, 1.54) is 5.56 Å². The van der Waals surface area contributed by atoms with Crippen LogP contribution in [0.5, 0.6) is 0 Å². The van der Waals surface area contributed by atoms with Gasteiger partial charge in [0, 0.05) is 30.0 Å². The molecule has 1 aliphatic carbocycles. The lowest BCUT2D eigenvalue weighted by atomic mass is 10.1. The van der Waals surface area contributed by atoms with E-state index in [-0.39, 0.29) is 6.03 Å². The summed E-state index contributed by atoms with van der Waals surface area (Å²) in [7, 11) is 0. The number of carbonyl (C=O) groups excluding carboxylic acids is 1. The van der Waals surface area contributed by atoms with Crippen molar-refractivity contribution in [1.29, 1.82) is 0 Å². The molecule has 3 aromatic rings. The largest absolute Gasteiger partial charge is 0.338 e. The first-order valence-electron chi connectivity index (χ1n) is 8.23. The number of benzene rings is 2. The molecule has 1 aromatic heterocycles. The molecule has 2 aromatic carbocycles. The van der Waals surface area contributed by atoms with Crippen molar-refractivity contribution < 1.29 is 4.79 Å². The Bertz CT molecular complexity index is 863. The Kier molecular flexibility index (Phi) is 3.87. The predicted octanol–water partition coefficient (Wildman–Crippen LogP) is 4.16. The zero-order valence-electron chi connectivity index (χ0n) is 13.3. The zero-order valence-corrected chi connectivity index (χ0v) is 13.3. The fraction of sp³-hybridized carbons (Fsp3) is 0.200. The van der Waals surface area contributed by atoms with Crippen LogP contribution in [-0.4, -0.2) is 17.6 Å². The van der Waals surface area contributed by atoms with Gasteiger partial charge in [-0.25, -0.2) is 4.79 Å². The van der Waals surface area contributed by atoms with Crippen LogP contribution in [-0.2, 0) is 0 Å². The molecule has 0 radical (unpaired) electrons. The number of urea groups is 1. The van der Waals surface area contributed by atoms with Crippen LogP contribution in [0, 0.1) is 5.92 Å². The van der Waals surface area contributed by atoms with Crippen LogP contribution in [0.2, 0.25) is 0 Å². The second-order valence-electron chi connectivity index (χ2n) is 6.29. The molecule has 4 nitrogen and oxygen atoms in total. The van der Waals surface area contributed by atoms with Gasteiger partial charge in [0.1, 0.15) is 0 Å². The van der Waals surface area contributed by atoms with Crippen LogP contribution in [0.15, 0.2) is 67.0 Å². The molecule has 1 heterocycles. The first-order valence-corrected chi connectivity index (χ1v) is 8.23. The monoisotopic (exact) mass is 317 g/mol. The molecule has 2 N–H and O–H groups in total. The van der Waals surface area contributed by atoms with E-state index in [2.05, 4.69) is 39.9 Å². The van der Waals surface area contributed by atoms with Crippen LogP contribution in [0.3, 0.4) is 0 Å². The number of carbonyl (C=O) groups is 1. The number of nitrogens with zero attached hydrogens (tertiary/aromatic N) is 1. The Morgan fingerprint density at radius 1 is 1.08 bits per heavy atom. The van der Waals surface area contributed by atoms with Gasteiger partial charge in [-0.15, -0.1) is 0 Å². The molecule has 2 unspecified atom stereocenters. The van der Waals surface area contributed by atoms with Crippen molar-refractivity contribution in [1.82, 2.24) is 10.3 Å². The number of hydrogen-bond acceptors (Lipinski definition) is 2. The molecule has 0 aliphatic heterocycles. The van der Waals surface area contributed by atoms with Crippen molar-refractivity contribution in [2.24, 2.45) is 5.92 Å². The summed E-state index contributed by atoms with van der Waals surface area (Å²) in [4.78, 5) is 16.2. The third-order valence-corrected chi connectivity index (χ3v) is 4.57. The number of hydrogen-bond donors (Lipinski definition) is 2. The van der Waals surface area contributed by atoms with Crippen molar-refractivity contribution in [3.05, 3.63) is 72.6 Å². The minimum absolute atomic E-state index is 0.151. The molecule has 4 rings (SSSR count). The van der Waals surface area contributed by atoms with Crippen LogP contribution in [0.4, 0.5) is 10.5 Å². The Labute approximate surface area is 140 Å². The second-order valence-corrected chi connectivity index (χ2v) is 6.29. The summed E-state index contributed by atoms with van der Waals surface area (Å²) in [5, 5.41) is 8.01. The third-order valence-electron chi connectivity index (χ3n) is 4.57. The Morgan fingerprint density at radius 3 is 2.83 bits per heavy atom. The Balaban J connectivity index is 1.31. The van der Waals surface area contributed by atoms with Gasteiger partial charge in [0.05, 0.1) is 0 Å². The second kappa shape index (κ2) is 6.32. The Morgan fingerprint density at radius 2 is 1.96 bits per heavy atom. The van der Waals surface area contributed by atoms with Gasteiger partial charge in [0.15, 0.2) is 0 Å². The average Bonchev–Trinajstić information content (AvgIpc) is 3.40. The third kappa shape index (κ3) is 3.23.